The van der Waals surface area contributed by atoms with Crippen LogP contribution in [0.15, 0.2) is 47.1 Å². The van der Waals surface area contributed by atoms with Crippen molar-refractivity contribution in [3.63, 3.8) is 0 Å². The van der Waals surface area contributed by atoms with Crippen LogP contribution < -0.4 is 4.74 Å². The molecule has 0 aliphatic carbocycles. The highest BCUT2D eigenvalue weighted by Crippen LogP contribution is 2.36. The first-order valence-corrected chi connectivity index (χ1v) is 11.6. The minimum atomic E-state index is -0.416. The van der Waals surface area contributed by atoms with E-state index in [1.54, 1.807) is 53.4 Å². The van der Waals surface area contributed by atoms with E-state index in [-0.39, 0.29) is 12.3 Å². The molecular formula is C24H18N6O4S. The molecule has 0 N–H and O–H groups in total. The molecule has 0 radical (unpaired) electrons. The maximum Gasteiger partial charge on any atom is 0.272 e. The Labute approximate surface area is 202 Å². The summed E-state index contributed by atoms with van der Waals surface area (Å²) in [4.78, 5) is 25.5. The van der Waals surface area contributed by atoms with E-state index in [9.17, 15) is 10.1 Å². The van der Waals surface area contributed by atoms with Gasteiger partial charge in [-0.05, 0) is 56.7 Å². The lowest BCUT2D eigenvalue weighted by Crippen LogP contribution is -1.96. The van der Waals surface area contributed by atoms with Crippen LogP contribution in [0.3, 0.4) is 0 Å². The van der Waals surface area contributed by atoms with E-state index >= 15 is 0 Å². The summed E-state index contributed by atoms with van der Waals surface area (Å²) in [6, 6.07) is 10.3. The van der Waals surface area contributed by atoms with Crippen molar-refractivity contribution in [3.8, 4) is 17.3 Å². The Morgan fingerprint density at radius 3 is 2.77 bits per heavy atom. The number of hydrogen-bond acceptors (Lipinski definition) is 9. The summed E-state index contributed by atoms with van der Waals surface area (Å²) in [7, 11) is 0. The number of nitro benzene ring substituents is 1. The van der Waals surface area contributed by atoms with Crippen molar-refractivity contribution >= 4 is 43.1 Å². The predicted octanol–water partition coefficient (Wildman–Crippen LogP) is 5.56. The van der Waals surface area contributed by atoms with Crippen LogP contribution in [0.2, 0.25) is 0 Å². The number of aryl methyl sites for hydroxylation is 3. The third kappa shape index (κ3) is 3.56. The number of fused-ring (bicyclic) bond motifs is 5. The predicted molar refractivity (Wildman–Crippen MR) is 131 cm³/mol. The molecule has 0 unspecified atom stereocenters. The molecule has 6 aromatic rings. The highest BCUT2D eigenvalue weighted by molar-refractivity contribution is 7.26. The second kappa shape index (κ2) is 7.84. The summed E-state index contributed by atoms with van der Waals surface area (Å²) < 4.78 is 14.2. The first-order chi connectivity index (χ1) is 16.9. The minimum absolute atomic E-state index is 0.0545. The first kappa shape index (κ1) is 21.2. The largest absolute Gasteiger partial charge is 0.486 e. The molecule has 0 fully saturated rings. The molecular weight excluding hydrogens is 468 g/mol. The van der Waals surface area contributed by atoms with E-state index in [0.29, 0.717) is 34.3 Å². The van der Waals surface area contributed by atoms with Crippen LogP contribution in [0.4, 0.5) is 5.69 Å². The standard InChI is InChI=1S/C24H18N6O4S/c1-12-9-15(4-6-17(12)30(31)32)33-10-16-5-7-18(34-16)22-27-23-21-20(25-11-29(23)28-22)19-13(2)8-14(3)26-24(19)35-21/h4-9,11H,10H2,1-3H3. The maximum atomic E-state index is 11.0. The van der Waals surface area contributed by atoms with Gasteiger partial charge in [-0.1, -0.05) is 0 Å². The van der Waals surface area contributed by atoms with Gasteiger partial charge in [-0.15, -0.1) is 16.4 Å². The van der Waals surface area contributed by atoms with Crippen LogP contribution in [0.1, 0.15) is 22.6 Å². The number of furan rings is 1. The Bertz CT molecular complexity index is 1780. The Morgan fingerprint density at radius 1 is 1.11 bits per heavy atom. The zero-order valence-electron chi connectivity index (χ0n) is 19.0. The van der Waals surface area contributed by atoms with Crippen LogP contribution in [0.5, 0.6) is 5.75 Å². The number of pyridine rings is 1. The van der Waals surface area contributed by atoms with Gasteiger partial charge in [0.05, 0.1) is 10.4 Å². The average molecular weight is 487 g/mol. The molecule has 35 heavy (non-hydrogen) atoms. The molecule has 0 saturated heterocycles. The third-order valence-electron chi connectivity index (χ3n) is 5.72. The number of hydrogen-bond donors (Lipinski definition) is 0. The fraction of sp³-hybridized carbons (Fsp3) is 0.167. The van der Waals surface area contributed by atoms with Gasteiger partial charge >= 0.3 is 0 Å². The summed E-state index contributed by atoms with van der Waals surface area (Å²) >= 11 is 1.55. The number of aromatic nitrogens is 5. The van der Waals surface area contributed by atoms with Gasteiger partial charge in [-0.25, -0.2) is 19.5 Å². The Hall–Kier alpha value is -4.38. The number of thiophene rings is 1. The lowest BCUT2D eigenvalue weighted by Gasteiger charge is -2.05. The molecule has 0 aliphatic rings. The summed E-state index contributed by atoms with van der Waals surface area (Å²) in [6.07, 6.45) is 1.66. The van der Waals surface area contributed by atoms with E-state index < -0.39 is 4.92 Å². The first-order valence-electron chi connectivity index (χ1n) is 10.8. The molecule has 174 valence electrons. The molecule has 0 spiro atoms. The molecule has 0 amide bonds. The van der Waals surface area contributed by atoms with Gasteiger partial charge in [-0.3, -0.25) is 10.1 Å². The number of benzene rings is 1. The molecule has 11 heteroatoms. The van der Waals surface area contributed by atoms with Crippen molar-refractivity contribution < 1.29 is 14.1 Å². The molecule has 0 atom stereocenters. The third-order valence-corrected chi connectivity index (χ3v) is 6.79. The molecule has 5 heterocycles. The maximum absolute atomic E-state index is 11.0. The molecule has 10 nitrogen and oxygen atoms in total. The van der Waals surface area contributed by atoms with E-state index in [2.05, 4.69) is 28.1 Å². The second-order valence-corrected chi connectivity index (χ2v) is 9.25. The van der Waals surface area contributed by atoms with Crippen LogP contribution in [0, 0.1) is 30.9 Å². The van der Waals surface area contributed by atoms with Crippen molar-refractivity contribution in [3.05, 3.63) is 75.4 Å². The van der Waals surface area contributed by atoms with Crippen LogP contribution in [-0.2, 0) is 6.61 Å². The number of rotatable bonds is 5. The summed E-state index contributed by atoms with van der Waals surface area (Å²) in [6.45, 7) is 5.88. The van der Waals surface area contributed by atoms with Crippen molar-refractivity contribution in [2.24, 2.45) is 0 Å². The summed E-state index contributed by atoms with van der Waals surface area (Å²) in [5, 5.41) is 16.6. The summed E-state index contributed by atoms with van der Waals surface area (Å²) in [5.74, 6) is 2.05. The minimum Gasteiger partial charge on any atom is -0.486 e. The lowest BCUT2D eigenvalue weighted by molar-refractivity contribution is -0.385. The van der Waals surface area contributed by atoms with Crippen molar-refractivity contribution in [1.82, 2.24) is 24.6 Å². The van der Waals surface area contributed by atoms with Crippen molar-refractivity contribution in [2.45, 2.75) is 27.4 Å². The van der Waals surface area contributed by atoms with Gasteiger partial charge in [0.25, 0.3) is 5.69 Å². The molecule has 1 aromatic carbocycles. The molecule has 0 saturated carbocycles. The highest BCUT2D eigenvalue weighted by Gasteiger charge is 2.18. The fourth-order valence-corrected chi connectivity index (χ4v) is 5.35. The molecule has 5 aromatic heterocycles. The monoisotopic (exact) mass is 486 g/mol. The van der Waals surface area contributed by atoms with Crippen LogP contribution in [0.25, 0.3) is 37.7 Å². The Balaban J connectivity index is 1.30. The Kier molecular flexibility index (Phi) is 4.74. The van der Waals surface area contributed by atoms with E-state index in [4.69, 9.17) is 14.1 Å². The van der Waals surface area contributed by atoms with Gasteiger partial charge in [0.1, 0.15) is 34.0 Å². The van der Waals surface area contributed by atoms with E-state index in [1.807, 2.05) is 6.92 Å². The van der Waals surface area contributed by atoms with Gasteiger partial charge in [0.15, 0.2) is 11.4 Å². The fourth-order valence-electron chi connectivity index (χ4n) is 4.13. The zero-order valence-corrected chi connectivity index (χ0v) is 19.8. The average Bonchev–Trinajstić information content (AvgIpc) is 3.53. The molecule has 0 aliphatic heterocycles. The summed E-state index contributed by atoms with van der Waals surface area (Å²) in [5.41, 5.74) is 4.25. The SMILES string of the molecule is Cc1cc(C)c2c(n1)sc1c2ncn2nc(-c3ccc(COc4ccc([N+](=O)[O-])c(C)c4)o3)nc12. The zero-order chi connectivity index (χ0) is 24.3. The number of ether oxygens (including phenoxy) is 1. The normalized spacial score (nSPS) is 11.6. The topological polar surface area (TPSA) is 121 Å². The molecule has 6 rings (SSSR count). The lowest BCUT2D eigenvalue weighted by atomic mass is 10.1. The van der Waals surface area contributed by atoms with Gasteiger partial charge in [0.2, 0.25) is 5.82 Å². The van der Waals surface area contributed by atoms with Gasteiger partial charge in [0, 0.05) is 22.7 Å². The van der Waals surface area contributed by atoms with E-state index in [0.717, 1.165) is 31.7 Å². The van der Waals surface area contributed by atoms with E-state index in [1.165, 1.54) is 6.07 Å². The van der Waals surface area contributed by atoms with Crippen LogP contribution in [-0.4, -0.2) is 29.5 Å². The second-order valence-electron chi connectivity index (χ2n) is 8.25. The highest BCUT2D eigenvalue weighted by atomic mass is 32.1. The van der Waals surface area contributed by atoms with Gasteiger partial charge < -0.3 is 9.15 Å². The number of nitrogens with zero attached hydrogens (tertiary/aromatic N) is 6. The smallest absolute Gasteiger partial charge is 0.272 e. The van der Waals surface area contributed by atoms with Crippen molar-refractivity contribution in [1.29, 1.82) is 0 Å². The quantitative estimate of drug-likeness (QED) is 0.229. The van der Waals surface area contributed by atoms with Gasteiger partial charge in [-0.2, -0.15) is 0 Å². The van der Waals surface area contributed by atoms with Crippen LogP contribution >= 0.6 is 11.3 Å². The number of nitro groups is 1. The van der Waals surface area contributed by atoms with Crippen molar-refractivity contribution in [2.75, 3.05) is 0 Å². The molecule has 0 bridgehead atoms. The Morgan fingerprint density at radius 2 is 1.97 bits per heavy atom.